The number of benzene rings is 2. The number of methoxy groups -OCH3 is 2. The Hall–Kier alpha value is -2.31. The summed E-state index contributed by atoms with van der Waals surface area (Å²) in [5, 5.41) is 9.12. The predicted molar refractivity (Wildman–Crippen MR) is 96.9 cm³/mol. The van der Waals surface area contributed by atoms with Gasteiger partial charge in [-0.25, -0.2) is 4.39 Å². The molecule has 140 valence electrons. The average molecular weight is 361 g/mol. The van der Waals surface area contributed by atoms with Crippen molar-refractivity contribution in [2.75, 3.05) is 33.9 Å². The van der Waals surface area contributed by atoms with Crippen molar-refractivity contribution in [1.29, 1.82) is 0 Å². The van der Waals surface area contributed by atoms with E-state index >= 15 is 0 Å². The number of hydrogen-bond acceptors (Lipinski definition) is 5. The van der Waals surface area contributed by atoms with Crippen LogP contribution in [0.5, 0.6) is 23.0 Å². The van der Waals surface area contributed by atoms with Crippen LogP contribution in [-0.4, -0.2) is 49.6 Å². The van der Waals surface area contributed by atoms with Gasteiger partial charge in [0.15, 0.2) is 0 Å². The highest BCUT2D eigenvalue weighted by Crippen LogP contribution is 2.31. The van der Waals surface area contributed by atoms with Crippen molar-refractivity contribution < 1.29 is 23.7 Å². The Balaban J connectivity index is 1.63. The first-order valence-corrected chi connectivity index (χ1v) is 8.55. The van der Waals surface area contributed by atoms with E-state index in [0.29, 0.717) is 42.5 Å². The topological polar surface area (TPSA) is 51.2 Å². The first kappa shape index (κ1) is 18.5. The van der Waals surface area contributed by atoms with Crippen molar-refractivity contribution in [2.24, 2.45) is 0 Å². The Kier molecular flexibility index (Phi) is 5.64. The van der Waals surface area contributed by atoms with E-state index in [1.165, 1.54) is 0 Å². The molecule has 1 atom stereocenters. The minimum atomic E-state index is -1.46. The molecule has 0 bridgehead atoms. The smallest absolute Gasteiger partial charge is 0.147 e. The highest BCUT2D eigenvalue weighted by molar-refractivity contribution is 5.44. The van der Waals surface area contributed by atoms with Crippen LogP contribution < -0.4 is 14.2 Å². The Morgan fingerprint density at radius 1 is 1.00 bits per heavy atom. The molecule has 0 spiro atoms. The first-order chi connectivity index (χ1) is 12.5. The van der Waals surface area contributed by atoms with E-state index in [4.69, 9.17) is 19.3 Å². The standard InChI is InChI=1S/C20H24FNO4/c1-24-17-9-18(25-2)11-19(10-17)26-16-5-3-15(4-6-16)12-22-8-7-20(21,13-22)14-23/h3-6,9-11,23H,7-8,12-14H2,1-2H3. The fraction of sp³-hybridized carbons (Fsp3) is 0.400. The van der Waals surface area contributed by atoms with Crippen LogP contribution in [0.4, 0.5) is 4.39 Å². The number of nitrogens with zero attached hydrogens (tertiary/aromatic N) is 1. The average Bonchev–Trinajstić information content (AvgIpc) is 3.04. The number of alkyl halides is 1. The lowest BCUT2D eigenvalue weighted by Crippen LogP contribution is -2.32. The third kappa shape index (κ3) is 4.45. The maximum absolute atomic E-state index is 14.1. The van der Waals surface area contributed by atoms with Crippen molar-refractivity contribution in [2.45, 2.75) is 18.6 Å². The van der Waals surface area contributed by atoms with Gasteiger partial charge < -0.3 is 19.3 Å². The van der Waals surface area contributed by atoms with E-state index < -0.39 is 12.3 Å². The number of rotatable bonds is 7. The first-order valence-electron chi connectivity index (χ1n) is 8.55. The van der Waals surface area contributed by atoms with Crippen LogP contribution in [0.2, 0.25) is 0 Å². The highest BCUT2D eigenvalue weighted by atomic mass is 19.1. The Morgan fingerprint density at radius 3 is 2.15 bits per heavy atom. The lowest BCUT2D eigenvalue weighted by Gasteiger charge is -2.19. The number of likely N-dealkylation sites (tertiary alicyclic amines) is 1. The van der Waals surface area contributed by atoms with Crippen LogP contribution in [0.1, 0.15) is 12.0 Å². The maximum atomic E-state index is 14.1. The minimum absolute atomic E-state index is 0.269. The zero-order chi connectivity index (χ0) is 18.6. The second-order valence-corrected chi connectivity index (χ2v) is 6.56. The summed E-state index contributed by atoms with van der Waals surface area (Å²) >= 11 is 0. The van der Waals surface area contributed by atoms with Gasteiger partial charge in [-0.3, -0.25) is 4.90 Å². The zero-order valence-corrected chi connectivity index (χ0v) is 15.1. The second-order valence-electron chi connectivity index (χ2n) is 6.56. The van der Waals surface area contributed by atoms with Crippen molar-refractivity contribution in [1.82, 2.24) is 4.90 Å². The largest absolute Gasteiger partial charge is 0.496 e. The summed E-state index contributed by atoms with van der Waals surface area (Å²) in [6, 6.07) is 13.0. The molecule has 2 aromatic carbocycles. The van der Waals surface area contributed by atoms with Gasteiger partial charge in [-0.05, 0) is 24.1 Å². The molecular formula is C20H24FNO4. The summed E-state index contributed by atoms with van der Waals surface area (Å²) < 4.78 is 30.4. The molecule has 2 aromatic rings. The third-order valence-electron chi connectivity index (χ3n) is 4.56. The molecule has 1 aliphatic rings. The van der Waals surface area contributed by atoms with E-state index in [1.807, 2.05) is 29.2 Å². The predicted octanol–water partition coefficient (Wildman–Crippen LogP) is 3.40. The summed E-state index contributed by atoms with van der Waals surface area (Å²) in [5.74, 6) is 2.63. The lowest BCUT2D eigenvalue weighted by atomic mass is 10.1. The fourth-order valence-corrected chi connectivity index (χ4v) is 3.08. The fourth-order valence-electron chi connectivity index (χ4n) is 3.08. The molecule has 0 aliphatic carbocycles. The van der Waals surface area contributed by atoms with Gasteiger partial charge in [0.25, 0.3) is 0 Å². The SMILES string of the molecule is COc1cc(OC)cc(Oc2ccc(CN3CCC(F)(CO)C3)cc2)c1. The molecule has 0 amide bonds. The van der Waals surface area contributed by atoms with Gasteiger partial charge in [0, 0.05) is 37.8 Å². The highest BCUT2D eigenvalue weighted by Gasteiger charge is 2.37. The molecule has 1 saturated heterocycles. The van der Waals surface area contributed by atoms with Gasteiger partial charge in [-0.15, -0.1) is 0 Å². The van der Waals surface area contributed by atoms with E-state index in [0.717, 1.165) is 5.56 Å². The number of aliphatic hydroxyl groups excluding tert-OH is 1. The van der Waals surface area contributed by atoms with E-state index in [9.17, 15) is 4.39 Å². The second kappa shape index (κ2) is 7.93. The monoisotopic (exact) mass is 361 g/mol. The van der Waals surface area contributed by atoms with Crippen molar-refractivity contribution in [3.63, 3.8) is 0 Å². The van der Waals surface area contributed by atoms with Gasteiger partial charge in [-0.2, -0.15) is 0 Å². The summed E-state index contributed by atoms with van der Waals surface area (Å²) in [6.45, 7) is 1.16. The molecule has 1 heterocycles. The molecule has 5 nitrogen and oxygen atoms in total. The van der Waals surface area contributed by atoms with Gasteiger partial charge in [0.1, 0.15) is 28.7 Å². The molecular weight excluding hydrogens is 337 g/mol. The van der Waals surface area contributed by atoms with Crippen LogP contribution >= 0.6 is 0 Å². The van der Waals surface area contributed by atoms with E-state index in [-0.39, 0.29) is 6.54 Å². The van der Waals surface area contributed by atoms with Gasteiger partial charge >= 0.3 is 0 Å². The number of ether oxygens (including phenoxy) is 3. The van der Waals surface area contributed by atoms with Crippen LogP contribution in [0.15, 0.2) is 42.5 Å². The van der Waals surface area contributed by atoms with Crippen molar-refractivity contribution in [3.05, 3.63) is 48.0 Å². The number of aliphatic hydroxyl groups is 1. The molecule has 0 radical (unpaired) electrons. The summed E-state index contributed by atoms with van der Waals surface area (Å²) in [5.41, 5.74) is -0.392. The minimum Gasteiger partial charge on any atom is -0.496 e. The summed E-state index contributed by atoms with van der Waals surface area (Å²) in [7, 11) is 3.18. The van der Waals surface area contributed by atoms with Crippen LogP contribution in [-0.2, 0) is 6.54 Å². The molecule has 1 fully saturated rings. The van der Waals surface area contributed by atoms with Gasteiger partial charge in [0.2, 0.25) is 0 Å². The molecule has 6 heteroatoms. The lowest BCUT2D eigenvalue weighted by molar-refractivity contribution is 0.0769. The Labute approximate surface area is 152 Å². The zero-order valence-electron chi connectivity index (χ0n) is 15.1. The normalized spacial score (nSPS) is 20.2. The van der Waals surface area contributed by atoms with Crippen LogP contribution in [0.25, 0.3) is 0 Å². The molecule has 0 saturated carbocycles. The molecule has 1 aliphatic heterocycles. The maximum Gasteiger partial charge on any atom is 0.147 e. The van der Waals surface area contributed by atoms with E-state index in [2.05, 4.69) is 0 Å². The van der Waals surface area contributed by atoms with Gasteiger partial charge in [0.05, 0.1) is 20.8 Å². The molecule has 1 unspecified atom stereocenters. The summed E-state index contributed by atoms with van der Waals surface area (Å²) in [4.78, 5) is 2.01. The summed E-state index contributed by atoms with van der Waals surface area (Å²) in [6.07, 6.45) is 0.377. The quantitative estimate of drug-likeness (QED) is 0.819. The van der Waals surface area contributed by atoms with Crippen LogP contribution in [0.3, 0.4) is 0 Å². The Morgan fingerprint density at radius 2 is 1.62 bits per heavy atom. The molecule has 0 aromatic heterocycles. The van der Waals surface area contributed by atoms with Crippen molar-refractivity contribution in [3.8, 4) is 23.0 Å². The Bertz CT molecular complexity index is 715. The van der Waals surface area contributed by atoms with Crippen LogP contribution in [0, 0.1) is 0 Å². The van der Waals surface area contributed by atoms with E-state index in [1.54, 1.807) is 32.4 Å². The third-order valence-corrected chi connectivity index (χ3v) is 4.56. The number of halogens is 1. The van der Waals surface area contributed by atoms with Gasteiger partial charge in [-0.1, -0.05) is 12.1 Å². The number of hydrogen-bond donors (Lipinski definition) is 1. The molecule has 3 rings (SSSR count). The molecule has 26 heavy (non-hydrogen) atoms. The van der Waals surface area contributed by atoms with Crippen molar-refractivity contribution >= 4 is 0 Å². The molecule has 1 N–H and O–H groups in total.